The number of carbonyl (C=O) groups is 2. The van der Waals surface area contributed by atoms with Crippen molar-refractivity contribution in [3.8, 4) is 50.5 Å². The van der Waals surface area contributed by atoms with Crippen LogP contribution in [0, 0.1) is 13.8 Å². The number of nitrogens with zero attached hydrogens (tertiary/aromatic N) is 1. The molecule has 1 fully saturated rings. The summed E-state index contributed by atoms with van der Waals surface area (Å²) in [5.74, 6) is -0.447. The molecule has 0 atom stereocenters. The summed E-state index contributed by atoms with van der Waals surface area (Å²) in [7, 11) is 4.31. The third-order valence-corrected chi connectivity index (χ3v) is 13.4. The molecule has 5 heterocycles. The van der Waals surface area contributed by atoms with Crippen LogP contribution in [-0.4, -0.2) is 60.4 Å². The van der Waals surface area contributed by atoms with Crippen molar-refractivity contribution in [3.05, 3.63) is 58.3 Å². The predicted molar refractivity (Wildman–Crippen MR) is 194 cm³/mol. The first kappa shape index (κ1) is 34.3. The molecule has 0 unspecified atom stereocenters. The van der Waals surface area contributed by atoms with E-state index in [1.165, 1.54) is 29.0 Å². The van der Waals surface area contributed by atoms with Crippen LogP contribution in [0.4, 0.5) is 0 Å². The van der Waals surface area contributed by atoms with Gasteiger partial charge in [-0.15, -0.1) is 56.7 Å². The third-order valence-electron chi connectivity index (χ3n) is 7.37. The number of thiophene rings is 5. The zero-order valence-electron chi connectivity index (χ0n) is 26.2. The van der Waals surface area contributed by atoms with Crippen LogP contribution < -0.4 is 9.47 Å². The Morgan fingerprint density at radius 3 is 1.41 bits per heavy atom. The highest BCUT2D eigenvalue weighted by Crippen LogP contribution is 2.51. The summed E-state index contributed by atoms with van der Waals surface area (Å²) in [6.07, 6.45) is 4.15. The van der Waals surface area contributed by atoms with Crippen LogP contribution in [0.3, 0.4) is 0 Å². The summed E-state index contributed by atoms with van der Waals surface area (Å²) in [6, 6.07) is 17.4. The third kappa shape index (κ3) is 8.87. The number of carboxylic acids is 2. The molecule has 7 nitrogen and oxygen atoms in total. The summed E-state index contributed by atoms with van der Waals surface area (Å²) in [4.78, 5) is 35.3. The van der Waals surface area contributed by atoms with Crippen molar-refractivity contribution in [1.82, 2.24) is 4.90 Å². The van der Waals surface area contributed by atoms with Crippen molar-refractivity contribution in [2.75, 3.05) is 27.3 Å². The second-order valence-electron chi connectivity index (χ2n) is 11.1. The van der Waals surface area contributed by atoms with Crippen molar-refractivity contribution < 1.29 is 29.3 Å². The Kier molecular flexibility index (Phi) is 11.7. The second-order valence-corrected chi connectivity index (χ2v) is 16.9. The minimum absolute atomic E-state index is 0.0738. The Bertz CT molecular complexity index is 1650. The molecule has 5 aromatic heterocycles. The smallest absolute Gasteiger partial charge is 0.306 e. The zero-order chi connectivity index (χ0) is 32.8. The second kappa shape index (κ2) is 15.7. The van der Waals surface area contributed by atoms with Gasteiger partial charge in [-0.1, -0.05) is 6.42 Å². The van der Waals surface area contributed by atoms with Crippen molar-refractivity contribution in [3.63, 3.8) is 0 Å². The lowest BCUT2D eigenvalue weighted by atomic mass is 9.92. The molecular weight excluding hydrogens is 679 g/mol. The van der Waals surface area contributed by atoms with Gasteiger partial charge in [0.15, 0.2) is 0 Å². The van der Waals surface area contributed by atoms with Crippen molar-refractivity contribution >= 4 is 68.6 Å². The first-order valence-corrected chi connectivity index (χ1v) is 19.0. The SMILES string of the molecule is CN(C)C1CCC1.Cc1ccc(-c2cc(OCCC(=O)O)c(-c3ccc(-c4sc(-c5ccc(C)s5)cc4OCCC(=O)O)s3)s2)s1. The van der Waals surface area contributed by atoms with Gasteiger partial charge in [-0.3, -0.25) is 9.59 Å². The van der Waals surface area contributed by atoms with E-state index in [4.69, 9.17) is 19.7 Å². The van der Waals surface area contributed by atoms with E-state index >= 15 is 0 Å². The van der Waals surface area contributed by atoms with Gasteiger partial charge in [0.25, 0.3) is 0 Å². The van der Waals surface area contributed by atoms with Gasteiger partial charge in [0.1, 0.15) is 11.5 Å². The molecule has 1 saturated carbocycles. The lowest BCUT2D eigenvalue weighted by Gasteiger charge is -2.31. The van der Waals surface area contributed by atoms with Crippen LogP contribution in [0.2, 0.25) is 0 Å². The highest BCUT2D eigenvalue weighted by molar-refractivity contribution is 7.30. The summed E-state index contributed by atoms with van der Waals surface area (Å²) in [6.45, 7) is 4.33. The van der Waals surface area contributed by atoms with Crippen LogP contribution in [0.5, 0.6) is 11.5 Å². The molecule has 0 radical (unpaired) electrons. The van der Waals surface area contributed by atoms with E-state index in [2.05, 4.69) is 69.2 Å². The molecule has 2 N–H and O–H groups in total. The fourth-order valence-corrected chi connectivity index (χ4v) is 10.0. The number of aryl methyl sites for hydroxylation is 2. The molecule has 0 amide bonds. The first-order chi connectivity index (χ1) is 22.1. The molecule has 244 valence electrons. The van der Waals surface area contributed by atoms with Crippen LogP contribution >= 0.6 is 56.7 Å². The quantitative estimate of drug-likeness (QED) is 0.125. The maximum atomic E-state index is 11.1. The molecule has 0 spiro atoms. The van der Waals surface area contributed by atoms with E-state index in [1.54, 1.807) is 56.7 Å². The molecule has 0 aliphatic heterocycles. The van der Waals surface area contributed by atoms with Gasteiger partial charge in [0.05, 0.1) is 35.8 Å². The summed E-state index contributed by atoms with van der Waals surface area (Å²) >= 11 is 8.29. The summed E-state index contributed by atoms with van der Waals surface area (Å²) in [5, 5.41) is 18.2. The molecule has 0 saturated heterocycles. The predicted octanol–water partition coefficient (Wildman–Crippen LogP) is 10.1. The van der Waals surface area contributed by atoms with E-state index in [0.29, 0.717) is 11.5 Å². The highest BCUT2D eigenvalue weighted by Gasteiger charge is 2.21. The molecule has 46 heavy (non-hydrogen) atoms. The monoisotopic (exact) mass is 715 g/mol. The minimum Gasteiger partial charge on any atom is -0.491 e. The van der Waals surface area contributed by atoms with Crippen molar-refractivity contribution in [2.24, 2.45) is 0 Å². The fraction of sp³-hybridized carbons (Fsp3) is 0.353. The molecular formula is C34H37NO6S5. The van der Waals surface area contributed by atoms with Crippen molar-refractivity contribution in [2.45, 2.75) is 52.0 Å². The Morgan fingerprint density at radius 1 is 0.674 bits per heavy atom. The van der Waals surface area contributed by atoms with Crippen LogP contribution in [0.25, 0.3) is 39.0 Å². The summed E-state index contributed by atoms with van der Waals surface area (Å²) in [5.41, 5.74) is 0. The minimum atomic E-state index is -0.899. The molecule has 1 aliphatic carbocycles. The van der Waals surface area contributed by atoms with Gasteiger partial charge in [0, 0.05) is 57.2 Å². The van der Waals surface area contributed by atoms with Gasteiger partial charge in [0.2, 0.25) is 0 Å². The van der Waals surface area contributed by atoms with Crippen molar-refractivity contribution in [1.29, 1.82) is 0 Å². The molecule has 12 heteroatoms. The van der Waals surface area contributed by atoms with Gasteiger partial charge >= 0.3 is 11.9 Å². The maximum Gasteiger partial charge on any atom is 0.306 e. The number of carboxylic acid groups (broad SMARTS) is 2. The van der Waals surface area contributed by atoms with Gasteiger partial charge in [-0.2, -0.15) is 0 Å². The summed E-state index contributed by atoms with van der Waals surface area (Å²) < 4.78 is 11.9. The van der Waals surface area contributed by atoms with E-state index in [-0.39, 0.29) is 26.1 Å². The van der Waals surface area contributed by atoms with Gasteiger partial charge < -0.3 is 24.6 Å². The highest BCUT2D eigenvalue weighted by atomic mass is 32.1. The standard InChI is InChI=1S/C28H24O6S5.C6H13N/c1-15-3-5-19(35-15)23-13-17(33-11-9-25(29)30)27(38-23)21-7-8-22(37-21)28-18(34-12-10-26(31)32)14-24(39-28)20-6-4-16(2)36-20;1-7(2)6-4-3-5-6/h3-8,13-14H,9-12H2,1-2H3,(H,29,30)(H,31,32);6H,3-5H2,1-2H3. The number of hydrogen-bond donors (Lipinski definition) is 2. The Morgan fingerprint density at radius 2 is 1.11 bits per heavy atom. The molecule has 0 aromatic carbocycles. The largest absolute Gasteiger partial charge is 0.491 e. The molecule has 6 rings (SSSR count). The maximum absolute atomic E-state index is 11.1. The van der Waals surface area contributed by atoms with Gasteiger partial charge in [-0.25, -0.2) is 0 Å². The fourth-order valence-electron chi connectivity index (χ4n) is 4.66. The number of aliphatic carboxylic acids is 2. The average Bonchev–Trinajstić information content (AvgIpc) is 3.78. The van der Waals surface area contributed by atoms with Crippen LogP contribution in [-0.2, 0) is 9.59 Å². The van der Waals surface area contributed by atoms with E-state index in [0.717, 1.165) is 45.1 Å². The average molecular weight is 716 g/mol. The molecule has 0 bridgehead atoms. The molecule has 1 aliphatic rings. The Hall–Kier alpha value is -3.00. The lowest BCUT2D eigenvalue weighted by molar-refractivity contribution is -0.138. The number of ether oxygens (including phenoxy) is 2. The van der Waals surface area contributed by atoms with Crippen LogP contribution in [0.1, 0.15) is 41.9 Å². The van der Waals surface area contributed by atoms with E-state index in [9.17, 15) is 9.59 Å². The topological polar surface area (TPSA) is 96.3 Å². The zero-order valence-corrected chi connectivity index (χ0v) is 30.2. The first-order valence-electron chi connectivity index (χ1n) is 14.9. The lowest BCUT2D eigenvalue weighted by Crippen LogP contribution is -2.33. The van der Waals surface area contributed by atoms with E-state index < -0.39 is 11.9 Å². The van der Waals surface area contributed by atoms with Crippen LogP contribution in [0.15, 0.2) is 48.5 Å². The van der Waals surface area contributed by atoms with Gasteiger partial charge in [-0.05, 0) is 77.2 Å². The molecule has 5 aromatic rings. The van der Waals surface area contributed by atoms with E-state index in [1.807, 2.05) is 12.1 Å². The number of hydrogen-bond acceptors (Lipinski definition) is 10. The Balaban J connectivity index is 0.000000527. The normalized spacial score (nSPS) is 12.9. The Labute approximate surface area is 289 Å². The number of rotatable bonds is 13.